The lowest BCUT2D eigenvalue weighted by molar-refractivity contribution is -0.118. The largest absolute Gasteiger partial charge is 0.348 e. The SMILES string of the molecule is O=C(CCl)NCC(=O)c1cc(Cl)ccc1Cl. The van der Waals surface area contributed by atoms with Crippen LogP contribution in [0.15, 0.2) is 18.2 Å². The minimum absolute atomic E-state index is 0.147. The molecule has 0 unspecified atom stereocenters. The van der Waals surface area contributed by atoms with E-state index in [9.17, 15) is 9.59 Å². The number of nitrogens with one attached hydrogen (secondary N) is 1. The van der Waals surface area contributed by atoms with Gasteiger partial charge < -0.3 is 5.32 Å². The molecule has 0 spiro atoms. The van der Waals surface area contributed by atoms with Crippen molar-refractivity contribution in [3.8, 4) is 0 Å². The number of carbonyl (C=O) groups is 2. The second-order valence-corrected chi connectivity index (χ2v) is 4.07. The lowest BCUT2D eigenvalue weighted by Crippen LogP contribution is -2.30. The van der Waals surface area contributed by atoms with Gasteiger partial charge in [0.05, 0.1) is 11.6 Å². The molecule has 0 fully saturated rings. The van der Waals surface area contributed by atoms with E-state index in [1.807, 2.05) is 0 Å². The Kier molecular flexibility index (Phi) is 5.06. The number of ketones is 1. The normalized spacial score (nSPS) is 9.94. The van der Waals surface area contributed by atoms with Crippen LogP contribution in [0.1, 0.15) is 10.4 Å². The summed E-state index contributed by atoms with van der Waals surface area (Å²) >= 11 is 16.8. The first-order valence-electron chi connectivity index (χ1n) is 4.35. The molecule has 6 heteroatoms. The van der Waals surface area contributed by atoms with Gasteiger partial charge in [0.25, 0.3) is 0 Å². The van der Waals surface area contributed by atoms with Crippen LogP contribution in [0.5, 0.6) is 0 Å². The van der Waals surface area contributed by atoms with Gasteiger partial charge >= 0.3 is 0 Å². The van der Waals surface area contributed by atoms with Crippen molar-refractivity contribution in [1.29, 1.82) is 0 Å². The summed E-state index contributed by atoms with van der Waals surface area (Å²) in [5, 5.41) is 3.07. The van der Waals surface area contributed by atoms with Crippen LogP contribution in [0.3, 0.4) is 0 Å². The van der Waals surface area contributed by atoms with Gasteiger partial charge in [-0.15, -0.1) is 11.6 Å². The van der Waals surface area contributed by atoms with Gasteiger partial charge in [-0.1, -0.05) is 23.2 Å². The number of benzene rings is 1. The molecule has 86 valence electrons. The highest BCUT2D eigenvalue weighted by Gasteiger charge is 2.11. The van der Waals surface area contributed by atoms with Crippen LogP contribution < -0.4 is 5.32 Å². The molecule has 0 saturated heterocycles. The van der Waals surface area contributed by atoms with Crippen LogP contribution in [-0.4, -0.2) is 24.1 Å². The summed E-state index contributed by atoms with van der Waals surface area (Å²) in [4.78, 5) is 22.5. The summed E-state index contributed by atoms with van der Waals surface area (Å²) in [6.07, 6.45) is 0. The third kappa shape index (κ3) is 3.67. The van der Waals surface area contributed by atoms with Gasteiger partial charge in [-0.05, 0) is 18.2 Å². The number of hydrogen-bond donors (Lipinski definition) is 1. The summed E-state index contributed by atoms with van der Waals surface area (Å²) < 4.78 is 0. The number of halogens is 3. The van der Waals surface area contributed by atoms with E-state index < -0.39 is 5.91 Å². The fourth-order valence-corrected chi connectivity index (χ4v) is 1.52. The lowest BCUT2D eigenvalue weighted by Gasteiger charge is -2.05. The Morgan fingerprint density at radius 1 is 1.25 bits per heavy atom. The highest BCUT2D eigenvalue weighted by Crippen LogP contribution is 2.20. The molecule has 16 heavy (non-hydrogen) atoms. The second-order valence-electron chi connectivity index (χ2n) is 2.96. The molecule has 0 aromatic heterocycles. The fourth-order valence-electron chi connectivity index (χ4n) is 1.03. The fraction of sp³-hybridized carbons (Fsp3) is 0.200. The molecule has 1 rings (SSSR count). The first kappa shape index (κ1) is 13.3. The third-order valence-corrected chi connectivity index (χ3v) is 2.60. The molecule has 0 bridgehead atoms. The minimum Gasteiger partial charge on any atom is -0.348 e. The van der Waals surface area contributed by atoms with Gasteiger partial charge in [-0.25, -0.2) is 0 Å². The Morgan fingerprint density at radius 3 is 2.56 bits per heavy atom. The van der Waals surface area contributed by atoms with Gasteiger partial charge in [0.15, 0.2) is 5.78 Å². The van der Waals surface area contributed by atoms with Crippen LogP contribution in [0, 0.1) is 0 Å². The molecule has 0 radical (unpaired) electrons. The van der Waals surface area contributed by atoms with Gasteiger partial charge in [-0.2, -0.15) is 0 Å². The van der Waals surface area contributed by atoms with Crippen molar-refractivity contribution in [3.05, 3.63) is 33.8 Å². The van der Waals surface area contributed by atoms with E-state index in [-0.39, 0.29) is 23.8 Å². The van der Waals surface area contributed by atoms with Crippen LogP contribution in [0.2, 0.25) is 10.0 Å². The Hall–Kier alpha value is -0.770. The number of hydrogen-bond acceptors (Lipinski definition) is 2. The first-order valence-corrected chi connectivity index (χ1v) is 5.64. The molecule has 0 aliphatic rings. The number of alkyl halides is 1. The van der Waals surface area contributed by atoms with E-state index in [1.54, 1.807) is 6.07 Å². The number of amides is 1. The van der Waals surface area contributed by atoms with Gasteiger partial charge in [-0.3, -0.25) is 9.59 Å². The number of rotatable bonds is 4. The Labute approximate surface area is 108 Å². The quantitative estimate of drug-likeness (QED) is 0.680. The smallest absolute Gasteiger partial charge is 0.235 e. The maximum atomic E-state index is 11.6. The van der Waals surface area contributed by atoms with Crippen LogP contribution in [0.4, 0.5) is 0 Å². The molecule has 0 aliphatic carbocycles. The summed E-state index contributed by atoms with van der Waals surface area (Å²) in [7, 11) is 0. The summed E-state index contributed by atoms with van der Waals surface area (Å²) in [6, 6.07) is 4.57. The van der Waals surface area contributed by atoms with Crippen LogP contribution >= 0.6 is 34.8 Å². The van der Waals surface area contributed by atoms with Gasteiger partial charge in [0, 0.05) is 10.6 Å². The van der Waals surface area contributed by atoms with Crippen molar-refractivity contribution >= 4 is 46.5 Å². The van der Waals surface area contributed by atoms with Crippen molar-refractivity contribution in [2.24, 2.45) is 0 Å². The molecular formula is C10H8Cl3NO2. The zero-order valence-corrected chi connectivity index (χ0v) is 10.4. The average Bonchev–Trinajstić information content (AvgIpc) is 2.28. The van der Waals surface area contributed by atoms with Gasteiger partial charge in [0.2, 0.25) is 5.91 Å². The molecule has 1 aromatic rings. The molecule has 0 heterocycles. The third-order valence-electron chi connectivity index (χ3n) is 1.80. The van der Waals surface area contributed by atoms with E-state index in [0.29, 0.717) is 10.0 Å². The van der Waals surface area contributed by atoms with Crippen LogP contribution in [0.25, 0.3) is 0 Å². The average molecular weight is 281 g/mol. The summed E-state index contributed by atoms with van der Waals surface area (Å²) in [6.45, 7) is -0.147. The van der Waals surface area contributed by atoms with Crippen molar-refractivity contribution < 1.29 is 9.59 Å². The highest BCUT2D eigenvalue weighted by atomic mass is 35.5. The van der Waals surface area contributed by atoms with E-state index >= 15 is 0 Å². The van der Waals surface area contributed by atoms with Crippen LogP contribution in [-0.2, 0) is 4.79 Å². The van der Waals surface area contributed by atoms with Gasteiger partial charge in [0.1, 0.15) is 5.88 Å². The highest BCUT2D eigenvalue weighted by molar-refractivity contribution is 6.36. The predicted molar refractivity (Wildman–Crippen MR) is 64.5 cm³/mol. The summed E-state index contributed by atoms with van der Waals surface area (Å²) in [5.41, 5.74) is 0.282. The molecule has 0 atom stereocenters. The minimum atomic E-state index is -0.409. The molecule has 1 N–H and O–H groups in total. The van der Waals surface area contributed by atoms with E-state index in [2.05, 4.69) is 5.32 Å². The van der Waals surface area contributed by atoms with Crippen molar-refractivity contribution in [1.82, 2.24) is 5.32 Å². The number of Topliss-reactive ketones (excluding diaryl/α,β-unsaturated/α-hetero) is 1. The standard InChI is InChI=1S/C10H8Cl3NO2/c11-4-10(16)14-5-9(15)7-3-6(12)1-2-8(7)13/h1-3H,4-5H2,(H,14,16). The molecule has 0 saturated carbocycles. The predicted octanol–water partition coefficient (Wildman–Crippen LogP) is 2.53. The molecule has 1 amide bonds. The molecule has 1 aromatic carbocycles. The molecular weight excluding hydrogens is 272 g/mol. The summed E-state index contributed by atoms with van der Waals surface area (Å²) in [5.74, 6) is -0.907. The van der Waals surface area contributed by atoms with E-state index in [1.165, 1.54) is 12.1 Å². The number of carbonyl (C=O) groups excluding carboxylic acids is 2. The zero-order valence-electron chi connectivity index (χ0n) is 8.10. The van der Waals surface area contributed by atoms with Crippen molar-refractivity contribution in [2.45, 2.75) is 0 Å². The lowest BCUT2D eigenvalue weighted by atomic mass is 10.1. The second kappa shape index (κ2) is 6.09. The Balaban J connectivity index is 2.73. The Bertz CT molecular complexity index is 421. The maximum Gasteiger partial charge on any atom is 0.235 e. The van der Waals surface area contributed by atoms with E-state index in [4.69, 9.17) is 34.8 Å². The topological polar surface area (TPSA) is 46.2 Å². The van der Waals surface area contributed by atoms with E-state index in [0.717, 1.165) is 0 Å². The zero-order chi connectivity index (χ0) is 12.1. The van der Waals surface area contributed by atoms with Crippen molar-refractivity contribution in [2.75, 3.05) is 12.4 Å². The Morgan fingerprint density at radius 2 is 1.94 bits per heavy atom. The van der Waals surface area contributed by atoms with Crippen molar-refractivity contribution in [3.63, 3.8) is 0 Å². The first-order chi connectivity index (χ1) is 7.54. The molecule has 3 nitrogen and oxygen atoms in total. The molecule has 0 aliphatic heterocycles. The maximum absolute atomic E-state index is 11.6. The monoisotopic (exact) mass is 279 g/mol.